The summed E-state index contributed by atoms with van der Waals surface area (Å²) >= 11 is 0. The molecule has 2 aromatic rings. The van der Waals surface area contributed by atoms with Gasteiger partial charge in [-0.25, -0.2) is 0 Å². The fourth-order valence-corrected chi connectivity index (χ4v) is 1.73. The molecular weight excluding hydrogens is 238 g/mol. The summed E-state index contributed by atoms with van der Waals surface area (Å²) in [5, 5.41) is 19.9. The number of amidine groups is 1. The predicted octanol–water partition coefficient (Wildman–Crippen LogP) is 3.00. The van der Waals surface area contributed by atoms with Gasteiger partial charge in [-0.3, -0.25) is 5.41 Å². The van der Waals surface area contributed by atoms with Crippen molar-refractivity contribution in [2.24, 2.45) is 0 Å². The molecule has 0 heterocycles. The number of ether oxygens (including phenoxy) is 1. The molecule has 0 atom stereocenters. The number of para-hydroxylation sites is 1. The number of methoxy groups -OCH3 is 1. The first kappa shape index (κ1) is 12.7. The molecule has 94 valence electrons. The van der Waals surface area contributed by atoms with Gasteiger partial charge in [-0.15, -0.1) is 0 Å². The predicted molar refractivity (Wildman–Crippen MR) is 74.6 cm³/mol. The zero-order valence-corrected chi connectivity index (χ0v) is 10.5. The quantitative estimate of drug-likeness (QED) is 0.650. The SMILES string of the molecule is COc1ccccc1C(=N)Nc1cccc(C#N)c1. The van der Waals surface area contributed by atoms with Crippen molar-refractivity contribution in [1.82, 2.24) is 0 Å². The highest BCUT2D eigenvalue weighted by molar-refractivity contribution is 6.08. The molecule has 0 aliphatic rings. The number of hydrogen-bond acceptors (Lipinski definition) is 3. The van der Waals surface area contributed by atoms with Crippen LogP contribution < -0.4 is 10.1 Å². The van der Waals surface area contributed by atoms with Gasteiger partial charge in [-0.2, -0.15) is 5.26 Å². The third-order valence-corrected chi connectivity index (χ3v) is 2.64. The molecule has 0 radical (unpaired) electrons. The first-order valence-corrected chi connectivity index (χ1v) is 5.73. The summed E-state index contributed by atoms with van der Waals surface area (Å²) < 4.78 is 5.22. The number of nitrogens with one attached hydrogen (secondary N) is 2. The molecule has 0 aliphatic heterocycles. The lowest BCUT2D eigenvalue weighted by atomic mass is 10.1. The first-order valence-electron chi connectivity index (χ1n) is 5.73. The van der Waals surface area contributed by atoms with Crippen LogP contribution in [0.15, 0.2) is 48.5 Å². The van der Waals surface area contributed by atoms with E-state index in [0.717, 1.165) is 0 Å². The highest BCUT2D eigenvalue weighted by Crippen LogP contribution is 2.19. The lowest BCUT2D eigenvalue weighted by Gasteiger charge is -2.11. The van der Waals surface area contributed by atoms with Crippen LogP contribution in [-0.2, 0) is 0 Å². The molecule has 2 rings (SSSR count). The maximum atomic E-state index is 8.84. The minimum Gasteiger partial charge on any atom is -0.496 e. The molecule has 2 N–H and O–H groups in total. The number of rotatable bonds is 3. The summed E-state index contributed by atoms with van der Waals surface area (Å²) in [6, 6.07) is 16.4. The van der Waals surface area contributed by atoms with Gasteiger partial charge in [-0.1, -0.05) is 18.2 Å². The Labute approximate surface area is 111 Å². The second kappa shape index (κ2) is 5.69. The standard InChI is InChI=1S/C15H13N3O/c1-19-14-8-3-2-7-13(14)15(17)18-12-6-4-5-11(9-12)10-16/h2-9H,1H3,(H2,17,18). The van der Waals surface area contributed by atoms with Crippen LogP contribution in [0.5, 0.6) is 5.75 Å². The van der Waals surface area contributed by atoms with Crippen LogP contribution in [0.2, 0.25) is 0 Å². The molecule has 0 amide bonds. The molecule has 0 bridgehead atoms. The smallest absolute Gasteiger partial charge is 0.133 e. The largest absolute Gasteiger partial charge is 0.496 e. The summed E-state index contributed by atoms with van der Waals surface area (Å²) in [7, 11) is 1.57. The summed E-state index contributed by atoms with van der Waals surface area (Å²) in [6.07, 6.45) is 0. The van der Waals surface area contributed by atoms with E-state index in [1.54, 1.807) is 31.4 Å². The van der Waals surface area contributed by atoms with E-state index < -0.39 is 0 Å². The molecule has 0 spiro atoms. The summed E-state index contributed by atoms with van der Waals surface area (Å²) in [6.45, 7) is 0. The zero-order chi connectivity index (χ0) is 13.7. The van der Waals surface area contributed by atoms with Crippen LogP contribution in [0, 0.1) is 16.7 Å². The van der Waals surface area contributed by atoms with Crippen molar-refractivity contribution in [3.8, 4) is 11.8 Å². The van der Waals surface area contributed by atoms with Crippen molar-refractivity contribution < 1.29 is 4.74 Å². The van der Waals surface area contributed by atoms with Crippen LogP contribution in [0.4, 0.5) is 5.69 Å². The van der Waals surface area contributed by atoms with Gasteiger partial charge in [0.1, 0.15) is 11.6 Å². The van der Waals surface area contributed by atoms with Gasteiger partial charge in [0.05, 0.1) is 24.3 Å². The van der Waals surface area contributed by atoms with E-state index in [2.05, 4.69) is 11.4 Å². The van der Waals surface area contributed by atoms with Gasteiger partial charge in [0, 0.05) is 5.69 Å². The summed E-state index contributed by atoms with van der Waals surface area (Å²) in [5.74, 6) is 0.865. The minimum absolute atomic E-state index is 0.229. The molecule has 4 nitrogen and oxygen atoms in total. The fourth-order valence-electron chi connectivity index (χ4n) is 1.73. The van der Waals surface area contributed by atoms with Crippen LogP contribution in [0.3, 0.4) is 0 Å². The van der Waals surface area contributed by atoms with E-state index in [0.29, 0.717) is 22.6 Å². The van der Waals surface area contributed by atoms with E-state index >= 15 is 0 Å². The molecule has 0 aliphatic carbocycles. The zero-order valence-electron chi connectivity index (χ0n) is 10.5. The minimum atomic E-state index is 0.229. The van der Waals surface area contributed by atoms with Crippen molar-refractivity contribution in [1.29, 1.82) is 10.7 Å². The molecular formula is C15H13N3O. The molecule has 4 heteroatoms. The fraction of sp³-hybridized carbons (Fsp3) is 0.0667. The average Bonchev–Trinajstić information content (AvgIpc) is 2.47. The highest BCUT2D eigenvalue weighted by Gasteiger charge is 2.08. The van der Waals surface area contributed by atoms with Crippen LogP contribution in [0.25, 0.3) is 0 Å². The Morgan fingerprint density at radius 3 is 2.74 bits per heavy atom. The Hall–Kier alpha value is -2.80. The molecule has 2 aromatic carbocycles. The van der Waals surface area contributed by atoms with Crippen molar-refractivity contribution in [2.45, 2.75) is 0 Å². The maximum Gasteiger partial charge on any atom is 0.133 e. The summed E-state index contributed by atoms with van der Waals surface area (Å²) in [4.78, 5) is 0. The molecule has 0 unspecified atom stereocenters. The van der Waals surface area contributed by atoms with E-state index in [9.17, 15) is 0 Å². The third kappa shape index (κ3) is 2.90. The number of benzene rings is 2. The molecule has 0 saturated carbocycles. The molecule has 19 heavy (non-hydrogen) atoms. The molecule has 0 fully saturated rings. The second-order valence-corrected chi connectivity index (χ2v) is 3.89. The number of hydrogen-bond donors (Lipinski definition) is 2. The first-order chi connectivity index (χ1) is 9.24. The van der Waals surface area contributed by atoms with Crippen LogP contribution in [0.1, 0.15) is 11.1 Å². The second-order valence-electron chi connectivity index (χ2n) is 3.89. The Morgan fingerprint density at radius 1 is 1.21 bits per heavy atom. The van der Waals surface area contributed by atoms with E-state index in [4.69, 9.17) is 15.4 Å². The van der Waals surface area contributed by atoms with Gasteiger partial charge in [0.15, 0.2) is 0 Å². The van der Waals surface area contributed by atoms with Gasteiger partial charge >= 0.3 is 0 Å². The van der Waals surface area contributed by atoms with E-state index in [-0.39, 0.29) is 5.84 Å². The normalized spacial score (nSPS) is 9.47. The Balaban J connectivity index is 2.23. The Bertz CT molecular complexity index is 644. The maximum absolute atomic E-state index is 8.84. The number of nitriles is 1. The van der Waals surface area contributed by atoms with Gasteiger partial charge < -0.3 is 10.1 Å². The molecule has 0 saturated heterocycles. The average molecular weight is 251 g/mol. The molecule has 0 aromatic heterocycles. The van der Waals surface area contributed by atoms with Crippen LogP contribution in [-0.4, -0.2) is 12.9 Å². The van der Waals surface area contributed by atoms with E-state index in [1.165, 1.54) is 0 Å². The van der Waals surface area contributed by atoms with Crippen LogP contribution >= 0.6 is 0 Å². The van der Waals surface area contributed by atoms with Gasteiger partial charge in [0.25, 0.3) is 0 Å². The van der Waals surface area contributed by atoms with E-state index in [1.807, 2.05) is 24.3 Å². The number of nitrogens with zero attached hydrogens (tertiary/aromatic N) is 1. The third-order valence-electron chi connectivity index (χ3n) is 2.64. The van der Waals surface area contributed by atoms with Crippen molar-refractivity contribution >= 4 is 11.5 Å². The Morgan fingerprint density at radius 2 is 2.00 bits per heavy atom. The highest BCUT2D eigenvalue weighted by atomic mass is 16.5. The van der Waals surface area contributed by atoms with Crippen molar-refractivity contribution in [3.63, 3.8) is 0 Å². The topological polar surface area (TPSA) is 68.9 Å². The Kier molecular flexibility index (Phi) is 3.79. The monoisotopic (exact) mass is 251 g/mol. The van der Waals surface area contributed by atoms with Crippen molar-refractivity contribution in [3.05, 3.63) is 59.7 Å². The van der Waals surface area contributed by atoms with Gasteiger partial charge in [0.2, 0.25) is 0 Å². The lowest BCUT2D eigenvalue weighted by molar-refractivity contribution is 0.414. The lowest BCUT2D eigenvalue weighted by Crippen LogP contribution is -2.13. The van der Waals surface area contributed by atoms with Crippen molar-refractivity contribution in [2.75, 3.05) is 12.4 Å². The summed E-state index contributed by atoms with van der Waals surface area (Å²) in [5.41, 5.74) is 1.93. The number of anilines is 1. The van der Waals surface area contributed by atoms with Gasteiger partial charge in [-0.05, 0) is 30.3 Å².